The summed E-state index contributed by atoms with van der Waals surface area (Å²) < 4.78 is 5.19. The molecule has 0 unspecified atom stereocenters. The highest BCUT2D eigenvalue weighted by Gasteiger charge is 1.98. The van der Waals surface area contributed by atoms with Crippen molar-refractivity contribution in [3.05, 3.63) is 24.6 Å². The summed E-state index contributed by atoms with van der Waals surface area (Å²) >= 11 is 0. The molecule has 0 saturated carbocycles. The maximum absolute atomic E-state index is 5.40. The van der Waals surface area contributed by atoms with Crippen LogP contribution < -0.4 is 11.1 Å². The van der Waals surface area contributed by atoms with E-state index in [1.165, 1.54) is 6.39 Å². The van der Waals surface area contributed by atoms with E-state index in [2.05, 4.69) is 10.3 Å². The predicted molar refractivity (Wildman–Crippen MR) is 56.2 cm³/mol. The third kappa shape index (κ3) is 1.85. The van der Waals surface area contributed by atoms with Crippen LogP contribution in [-0.4, -0.2) is 18.1 Å². The summed E-state index contributed by atoms with van der Waals surface area (Å²) in [5.74, 6) is 0. The topological polar surface area (TPSA) is 64.1 Å². The molecule has 0 bridgehead atoms. The van der Waals surface area contributed by atoms with Gasteiger partial charge >= 0.3 is 0 Å². The zero-order chi connectivity index (χ0) is 9.80. The van der Waals surface area contributed by atoms with Gasteiger partial charge in [-0.05, 0) is 25.1 Å². The van der Waals surface area contributed by atoms with E-state index in [-0.39, 0.29) is 0 Å². The molecular weight excluding hydrogens is 178 g/mol. The predicted octanol–water partition coefficient (Wildman–Crippen LogP) is 1.59. The molecule has 1 heterocycles. The third-order valence-corrected chi connectivity index (χ3v) is 2.04. The fourth-order valence-electron chi connectivity index (χ4n) is 1.30. The van der Waals surface area contributed by atoms with Gasteiger partial charge in [-0.3, -0.25) is 0 Å². The molecule has 0 aliphatic heterocycles. The number of nitrogens with zero attached hydrogens (tertiary/aromatic N) is 1. The van der Waals surface area contributed by atoms with Crippen molar-refractivity contribution in [2.75, 3.05) is 18.4 Å². The largest absolute Gasteiger partial charge is 0.443 e. The Balaban J connectivity index is 2.10. The van der Waals surface area contributed by atoms with Crippen molar-refractivity contribution in [1.82, 2.24) is 4.98 Å². The molecule has 0 radical (unpaired) electrons. The Kier molecular flexibility index (Phi) is 2.65. The van der Waals surface area contributed by atoms with E-state index in [1.54, 1.807) is 0 Å². The molecule has 2 aromatic rings. The van der Waals surface area contributed by atoms with Gasteiger partial charge in [-0.25, -0.2) is 4.98 Å². The van der Waals surface area contributed by atoms with Gasteiger partial charge in [0.25, 0.3) is 0 Å². The first-order valence-corrected chi connectivity index (χ1v) is 4.67. The highest BCUT2D eigenvalue weighted by atomic mass is 16.3. The lowest BCUT2D eigenvalue weighted by Gasteiger charge is -2.03. The SMILES string of the molecule is NCCCNc1ccc2ncoc2c1. The highest BCUT2D eigenvalue weighted by Crippen LogP contribution is 2.17. The van der Waals surface area contributed by atoms with Crippen LogP contribution >= 0.6 is 0 Å². The normalized spacial score (nSPS) is 10.6. The summed E-state index contributed by atoms with van der Waals surface area (Å²) in [4.78, 5) is 4.04. The van der Waals surface area contributed by atoms with Gasteiger partial charge in [0.15, 0.2) is 12.0 Å². The lowest BCUT2D eigenvalue weighted by Crippen LogP contribution is -2.08. The number of fused-ring (bicyclic) bond motifs is 1. The van der Waals surface area contributed by atoms with Crippen LogP contribution in [0.5, 0.6) is 0 Å². The molecule has 4 heteroatoms. The Labute approximate surface area is 82.1 Å². The van der Waals surface area contributed by atoms with E-state index in [9.17, 15) is 0 Å². The van der Waals surface area contributed by atoms with E-state index in [0.29, 0.717) is 6.54 Å². The van der Waals surface area contributed by atoms with Crippen molar-refractivity contribution in [3.63, 3.8) is 0 Å². The second kappa shape index (κ2) is 4.11. The zero-order valence-corrected chi connectivity index (χ0v) is 7.86. The Morgan fingerprint density at radius 1 is 1.43 bits per heavy atom. The van der Waals surface area contributed by atoms with Gasteiger partial charge in [-0.1, -0.05) is 0 Å². The Morgan fingerprint density at radius 2 is 2.36 bits per heavy atom. The van der Waals surface area contributed by atoms with Crippen molar-refractivity contribution in [3.8, 4) is 0 Å². The summed E-state index contributed by atoms with van der Waals surface area (Å²) in [6, 6.07) is 5.86. The second-order valence-corrected chi connectivity index (χ2v) is 3.10. The van der Waals surface area contributed by atoms with Crippen molar-refractivity contribution in [2.24, 2.45) is 5.73 Å². The lowest BCUT2D eigenvalue weighted by molar-refractivity contribution is 0.602. The van der Waals surface area contributed by atoms with Crippen LogP contribution in [0.2, 0.25) is 0 Å². The third-order valence-electron chi connectivity index (χ3n) is 2.04. The van der Waals surface area contributed by atoms with Gasteiger partial charge in [0.1, 0.15) is 5.52 Å². The number of nitrogens with two attached hydrogens (primary N) is 1. The summed E-state index contributed by atoms with van der Waals surface area (Å²) in [5, 5.41) is 3.26. The number of hydrogen-bond donors (Lipinski definition) is 2. The van der Waals surface area contributed by atoms with Crippen LogP contribution in [0.25, 0.3) is 11.1 Å². The standard InChI is InChI=1S/C10H13N3O/c11-4-1-5-12-8-2-3-9-10(6-8)14-7-13-9/h2-3,6-7,12H,1,4-5,11H2. The maximum atomic E-state index is 5.40. The first-order valence-electron chi connectivity index (χ1n) is 4.67. The molecule has 1 aromatic carbocycles. The molecule has 0 amide bonds. The van der Waals surface area contributed by atoms with Crippen LogP contribution in [0.4, 0.5) is 5.69 Å². The van der Waals surface area contributed by atoms with Crippen molar-refractivity contribution >= 4 is 16.8 Å². The van der Waals surface area contributed by atoms with E-state index in [1.807, 2.05) is 18.2 Å². The minimum atomic E-state index is 0.706. The average Bonchev–Trinajstić information content (AvgIpc) is 2.65. The summed E-state index contributed by atoms with van der Waals surface area (Å²) in [7, 11) is 0. The number of hydrogen-bond acceptors (Lipinski definition) is 4. The fourth-order valence-corrected chi connectivity index (χ4v) is 1.30. The molecule has 0 spiro atoms. The number of aromatic nitrogens is 1. The number of benzene rings is 1. The first-order chi connectivity index (χ1) is 6.90. The molecule has 14 heavy (non-hydrogen) atoms. The van der Waals surface area contributed by atoms with Crippen LogP contribution in [0.1, 0.15) is 6.42 Å². The first kappa shape index (κ1) is 9.02. The van der Waals surface area contributed by atoms with E-state index in [4.69, 9.17) is 10.2 Å². The van der Waals surface area contributed by atoms with Crippen molar-refractivity contribution < 1.29 is 4.42 Å². The molecule has 0 aliphatic rings. The highest BCUT2D eigenvalue weighted by molar-refractivity contribution is 5.76. The summed E-state index contributed by atoms with van der Waals surface area (Å²) in [5.41, 5.74) is 8.13. The van der Waals surface area contributed by atoms with Crippen molar-refractivity contribution in [1.29, 1.82) is 0 Å². The van der Waals surface area contributed by atoms with Gasteiger partial charge in [0.2, 0.25) is 0 Å². The fraction of sp³-hybridized carbons (Fsp3) is 0.300. The number of oxazole rings is 1. The Morgan fingerprint density at radius 3 is 3.21 bits per heavy atom. The summed E-state index contributed by atoms with van der Waals surface area (Å²) in [6.07, 6.45) is 2.42. The van der Waals surface area contributed by atoms with Gasteiger partial charge in [-0.15, -0.1) is 0 Å². The number of rotatable bonds is 4. The monoisotopic (exact) mass is 191 g/mol. The molecule has 3 N–H and O–H groups in total. The number of nitrogens with one attached hydrogen (secondary N) is 1. The Hall–Kier alpha value is -1.55. The van der Waals surface area contributed by atoms with E-state index >= 15 is 0 Å². The van der Waals surface area contributed by atoms with Gasteiger partial charge in [0.05, 0.1) is 0 Å². The van der Waals surface area contributed by atoms with Crippen LogP contribution in [0.15, 0.2) is 29.0 Å². The molecule has 0 saturated heterocycles. The van der Waals surface area contributed by atoms with Gasteiger partial charge in [-0.2, -0.15) is 0 Å². The van der Waals surface area contributed by atoms with Crippen molar-refractivity contribution in [2.45, 2.75) is 6.42 Å². The van der Waals surface area contributed by atoms with Crippen LogP contribution in [0.3, 0.4) is 0 Å². The Bertz CT molecular complexity index is 410. The van der Waals surface area contributed by atoms with E-state index < -0.39 is 0 Å². The molecular formula is C10H13N3O. The average molecular weight is 191 g/mol. The molecule has 0 atom stereocenters. The molecule has 0 aliphatic carbocycles. The zero-order valence-electron chi connectivity index (χ0n) is 7.86. The lowest BCUT2D eigenvalue weighted by atomic mass is 10.3. The smallest absolute Gasteiger partial charge is 0.181 e. The molecule has 74 valence electrons. The quantitative estimate of drug-likeness (QED) is 0.720. The van der Waals surface area contributed by atoms with Gasteiger partial charge < -0.3 is 15.5 Å². The maximum Gasteiger partial charge on any atom is 0.181 e. The summed E-state index contributed by atoms with van der Waals surface area (Å²) in [6.45, 7) is 1.59. The minimum Gasteiger partial charge on any atom is -0.443 e. The number of anilines is 1. The van der Waals surface area contributed by atoms with Gasteiger partial charge in [0, 0.05) is 18.3 Å². The molecule has 0 fully saturated rings. The second-order valence-electron chi connectivity index (χ2n) is 3.10. The van der Waals surface area contributed by atoms with Crippen LogP contribution in [-0.2, 0) is 0 Å². The molecule has 2 rings (SSSR count). The van der Waals surface area contributed by atoms with Crippen LogP contribution in [0, 0.1) is 0 Å². The molecule has 1 aromatic heterocycles. The molecule has 4 nitrogen and oxygen atoms in total. The minimum absolute atomic E-state index is 0.706. The van der Waals surface area contributed by atoms with E-state index in [0.717, 1.165) is 29.8 Å².